The molecule has 1 amide bonds. The highest BCUT2D eigenvalue weighted by atomic mass is 32.2. The molecule has 3 rings (SSSR count). The molecule has 2 aromatic carbocycles. The van der Waals surface area contributed by atoms with Gasteiger partial charge in [-0.1, -0.05) is 61.0 Å². The number of hydrogen-bond donors (Lipinski definition) is 1. The van der Waals surface area contributed by atoms with Gasteiger partial charge in [0.25, 0.3) is 10.0 Å². The lowest BCUT2D eigenvalue weighted by Gasteiger charge is -2.09. The summed E-state index contributed by atoms with van der Waals surface area (Å²) in [5.74, 6) is 0.622. The molecule has 0 bridgehead atoms. The fourth-order valence-electron chi connectivity index (χ4n) is 2.81. The molecular weight excluding hydrogens is 392 g/mol. The molecule has 0 unspecified atom stereocenters. The molecule has 1 aromatic heterocycles. The number of carbonyl (C=O) groups excluding carboxylic acids is 1. The fourth-order valence-corrected chi connectivity index (χ4v) is 3.70. The third-order valence-electron chi connectivity index (χ3n) is 4.31. The molecule has 0 atom stereocenters. The summed E-state index contributed by atoms with van der Waals surface area (Å²) in [6, 6.07) is 15.7. The molecule has 0 aliphatic carbocycles. The number of carbonyl (C=O) groups is 1. The zero-order chi connectivity index (χ0) is 20.9. The van der Waals surface area contributed by atoms with Crippen LogP contribution in [0.4, 0.5) is 4.79 Å². The lowest BCUT2D eigenvalue weighted by Crippen LogP contribution is -2.31. The number of benzene rings is 2. The van der Waals surface area contributed by atoms with Crippen LogP contribution in [0, 0.1) is 6.92 Å². The summed E-state index contributed by atoms with van der Waals surface area (Å²) in [7, 11) is -4.02. The van der Waals surface area contributed by atoms with Crippen LogP contribution in [-0.4, -0.2) is 26.3 Å². The van der Waals surface area contributed by atoms with Crippen molar-refractivity contribution in [1.29, 1.82) is 0 Å². The van der Waals surface area contributed by atoms with Crippen LogP contribution >= 0.6 is 0 Å². The Labute approximate surface area is 169 Å². The lowest BCUT2D eigenvalue weighted by molar-refractivity contribution is 0.151. The first-order valence-electron chi connectivity index (χ1n) is 9.24. The number of unbranched alkanes of at least 4 members (excludes halogenated alkanes) is 1. The van der Waals surface area contributed by atoms with Crippen molar-refractivity contribution >= 4 is 16.1 Å². The maximum Gasteiger partial charge on any atom is 0.421 e. The number of ether oxygens (including phenoxy) is 1. The molecule has 152 valence electrons. The summed E-state index contributed by atoms with van der Waals surface area (Å²) < 4.78 is 36.9. The van der Waals surface area contributed by atoms with Crippen LogP contribution in [0.1, 0.15) is 25.5 Å². The van der Waals surface area contributed by atoms with Gasteiger partial charge in [0.05, 0.1) is 17.1 Å². The molecular formula is C21H22N2O5S. The van der Waals surface area contributed by atoms with E-state index in [2.05, 4.69) is 5.16 Å². The minimum absolute atomic E-state index is 0.0379. The highest BCUT2D eigenvalue weighted by molar-refractivity contribution is 7.90. The predicted octanol–water partition coefficient (Wildman–Crippen LogP) is 4.53. The number of aromatic nitrogens is 1. The fraction of sp³-hybridized carbons (Fsp3) is 0.238. The van der Waals surface area contributed by atoms with Gasteiger partial charge in [0.1, 0.15) is 11.5 Å². The molecule has 0 fully saturated rings. The largest absolute Gasteiger partial charge is 0.449 e. The molecule has 0 saturated heterocycles. The van der Waals surface area contributed by atoms with Crippen molar-refractivity contribution in [3.8, 4) is 22.4 Å². The highest BCUT2D eigenvalue weighted by Gasteiger charge is 2.20. The predicted molar refractivity (Wildman–Crippen MR) is 109 cm³/mol. The SMILES string of the molecule is CCCCOC(=O)NS(=O)(=O)c1ccc(-c2c(-c3ccccc3)noc2C)cc1. The van der Waals surface area contributed by atoms with Crippen LogP contribution in [0.2, 0.25) is 0 Å². The number of hydrogen-bond acceptors (Lipinski definition) is 6. The molecule has 0 aliphatic heterocycles. The molecule has 0 saturated carbocycles. The zero-order valence-corrected chi connectivity index (χ0v) is 17.0. The van der Waals surface area contributed by atoms with Crippen LogP contribution in [-0.2, 0) is 14.8 Å². The minimum atomic E-state index is -4.02. The smallest absolute Gasteiger partial charge is 0.421 e. The first-order valence-corrected chi connectivity index (χ1v) is 10.7. The second-order valence-corrected chi connectivity index (χ2v) is 8.13. The number of amides is 1. The van der Waals surface area contributed by atoms with E-state index in [1.54, 1.807) is 19.1 Å². The molecule has 29 heavy (non-hydrogen) atoms. The van der Waals surface area contributed by atoms with E-state index in [0.717, 1.165) is 23.1 Å². The van der Waals surface area contributed by atoms with E-state index in [1.165, 1.54) is 12.1 Å². The van der Waals surface area contributed by atoms with Crippen molar-refractivity contribution in [1.82, 2.24) is 9.88 Å². The lowest BCUT2D eigenvalue weighted by atomic mass is 10.00. The average molecular weight is 414 g/mol. The molecule has 0 radical (unpaired) electrons. The summed E-state index contributed by atoms with van der Waals surface area (Å²) in [5.41, 5.74) is 3.11. The number of rotatable bonds is 7. The van der Waals surface area contributed by atoms with E-state index in [-0.39, 0.29) is 11.5 Å². The summed E-state index contributed by atoms with van der Waals surface area (Å²) in [6.07, 6.45) is 0.530. The van der Waals surface area contributed by atoms with Crippen LogP contribution in [0.25, 0.3) is 22.4 Å². The second-order valence-electron chi connectivity index (χ2n) is 6.45. The molecule has 7 nitrogen and oxygen atoms in total. The standard InChI is InChI=1S/C21H22N2O5S/c1-3-4-14-27-21(24)23-29(25,26)18-12-10-16(11-13-18)19-15(2)28-22-20(19)17-8-6-5-7-9-17/h5-13H,3-4,14H2,1-2H3,(H,23,24). The number of sulfonamides is 1. The van der Waals surface area contributed by atoms with E-state index in [4.69, 9.17) is 9.26 Å². The number of aryl methyl sites for hydroxylation is 1. The van der Waals surface area contributed by atoms with Crippen LogP contribution in [0.3, 0.4) is 0 Å². The third kappa shape index (κ3) is 4.83. The van der Waals surface area contributed by atoms with Gasteiger partial charge >= 0.3 is 6.09 Å². The van der Waals surface area contributed by atoms with Gasteiger partial charge in [-0.3, -0.25) is 0 Å². The van der Waals surface area contributed by atoms with Crippen molar-refractivity contribution in [2.75, 3.05) is 6.61 Å². The molecule has 1 heterocycles. The maximum absolute atomic E-state index is 12.4. The van der Waals surface area contributed by atoms with Gasteiger partial charge in [-0.15, -0.1) is 0 Å². The quantitative estimate of drug-likeness (QED) is 0.570. The molecule has 0 aliphatic rings. The summed E-state index contributed by atoms with van der Waals surface area (Å²) in [6.45, 7) is 3.92. The van der Waals surface area contributed by atoms with Gasteiger partial charge < -0.3 is 9.26 Å². The van der Waals surface area contributed by atoms with E-state index >= 15 is 0 Å². The van der Waals surface area contributed by atoms with Gasteiger partial charge in [-0.05, 0) is 31.0 Å². The van der Waals surface area contributed by atoms with Crippen LogP contribution < -0.4 is 4.72 Å². The van der Waals surface area contributed by atoms with Gasteiger partial charge in [0, 0.05) is 5.56 Å². The summed E-state index contributed by atoms with van der Waals surface area (Å²) >= 11 is 0. The normalized spacial score (nSPS) is 11.2. The van der Waals surface area contributed by atoms with Gasteiger partial charge in [-0.25, -0.2) is 17.9 Å². The van der Waals surface area contributed by atoms with Crippen molar-refractivity contribution in [2.24, 2.45) is 0 Å². The van der Waals surface area contributed by atoms with Crippen molar-refractivity contribution < 1.29 is 22.5 Å². The summed E-state index contributed by atoms with van der Waals surface area (Å²) in [5, 5.41) is 4.14. The molecule has 8 heteroatoms. The first-order chi connectivity index (χ1) is 13.9. The third-order valence-corrected chi connectivity index (χ3v) is 5.64. The molecule has 0 spiro atoms. The summed E-state index contributed by atoms with van der Waals surface area (Å²) in [4.78, 5) is 11.6. The van der Waals surface area contributed by atoms with E-state index < -0.39 is 16.1 Å². The van der Waals surface area contributed by atoms with Crippen molar-refractivity contribution in [2.45, 2.75) is 31.6 Å². The van der Waals surface area contributed by atoms with Gasteiger partial charge in [0.15, 0.2) is 0 Å². The molecule has 3 aromatic rings. The average Bonchev–Trinajstić information content (AvgIpc) is 3.10. The van der Waals surface area contributed by atoms with E-state index in [0.29, 0.717) is 17.9 Å². The van der Waals surface area contributed by atoms with Crippen LogP contribution in [0.15, 0.2) is 64.0 Å². The number of nitrogens with one attached hydrogen (secondary N) is 1. The van der Waals surface area contributed by atoms with E-state index in [1.807, 2.05) is 42.0 Å². The Bertz CT molecular complexity index is 1070. The topological polar surface area (TPSA) is 98.5 Å². The van der Waals surface area contributed by atoms with Gasteiger partial charge in [0.2, 0.25) is 0 Å². The Morgan fingerprint density at radius 1 is 1.07 bits per heavy atom. The maximum atomic E-state index is 12.4. The van der Waals surface area contributed by atoms with E-state index in [9.17, 15) is 13.2 Å². The Morgan fingerprint density at radius 2 is 1.76 bits per heavy atom. The Balaban J connectivity index is 1.83. The Morgan fingerprint density at radius 3 is 2.41 bits per heavy atom. The molecule has 1 N–H and O–H groups in total. The van der Waals surface area contributed by atoms with Crippen LogP contribution in [0.5, 0.6) is 0 Å². The highest BCUT2D eigenvalue weighted by Crippen LogP contribution is 2.34. The second kappa shape index (κ2) is 8.91. The van der Waals surface area contributed by atoms with Gasteiger partial charge in [-0.2, -0.15) is 0 Å². The van der Waals surface area contributed by atoms with Crippen molar-refractivity contribution in [3.63, 3.8) is 0 Å². The minimum Gasteiger partial charge on any atom is -0.449 e. The Hall–Kier alpha value is -3.13. The zero-order valence-electron chi connectivity index (χ0n) is 16.2. The Kier molecular flexibility index (Phi) is 6.33. The monoisotopic (exact) mass is 414 g/mol. The van der Waals surface area contributed by atoms with Crippen molar-refractivity contribution in [3.05, 3.63) is 60.4 Å². The first kappa shape index (κ1) is 20.6. The number of nitrogens with zero attached hydrogens (tertiary/aromatic N) is 1.